The van der Waals surface area contributed by atoms with Gasteiger partial charge in [-0.2, -0.15) is 5.10 Å². The van der Waals surface area contributed by atoms with E-state index in [9.17, 15) is 9.59 Å². The minimum Gasteiger partial charge on any atom is -0.480 e. The van der Waals surface area contributed by atoms with E-state index in [1.54, 1.807) is 30.0 Å². The molecule has 0 aromatic carbocycles. The molecular weight excluding hydrogens is 234 g/mol. The Bertz CT molecular complexity index is 451. The molecule has 0 spiro atoms. The van der Waals surface area contributed by atoms with E-state index in [1.807, 2.05) is 6.92 Å². The zero-order valence-corrected chi connectivity index (χ0v) is 10.5. The lowest BCUT2D eigenvalue weighted by molar-refractivity contribution is -0.139. The van der Waals surface area contributed by atoms with E-state index < -0.39 is 17.9 Å². The number of nitrogens with one attached hydrogen (secondary N) is 1. The van der Waals surface area contributed by atoms with Crippen LogP contribution in [0.25, 0.3) is 0 Å². The zero-order chi connectivity index (χ0) is 13.5. The van der Waals surface area contributed by atoms with Crippen LogP contribution in [-0.2, 0) is 11.3 Å². The number of amides is 1. The second-order valence-corrected chi connectivity index (χ2v) is 3.75. The molecule has 1 atom stereocenters. The summed E-state index contributed by atoms with van der Waals surface area (Å²) in [5, 5.41) is 15.4. The summed E-state index contributed by atoms with van der Waals surface area (Å²) in [6, 6.07) is -0.918. The van der Waals surface area contributed by atoms with Crippen LogP contribution < -0.4 is 5.32 Å². The van der Waals surface area contributed by atoms with Crippen LogP contribution >= 0.6 is 0 Å². The third kappa shape index (κ3) is 3.73. The van der Waals surface area contributed by atoms with E-state index in [2.05, 4.69) is 10.4 Å². The molecule has 1 aromatic heterocycles. The Balaban J connectivity index is 2.68. The zero-order valence-electron chi connectivity index (χ0n) is 10.5. The summed E-state index contributed by atoms with van der Waals surface area (Å²) in [7, 11) is 0. The fraction of sp³-hybridized carbons (Fsp3) is 0.417. The highest BCUT2D eigenvalue weighted by atomic mass is 16.4. The summed E-state index contributed by atoms with van der Waals surface area (Å²) in [4.78, 5) is 22.8. The Kier molecular flexibility index (Phi) is 5.10. The monoisotopic (exact) mass is 251 g/mol. The van der Waals surface area contributed by atoms with Gasteiger partial charge in [-0.15, -0.1) is 0 Å². The standard InChI is InChI=1S/C12H17N3O3/c1-3-5-6-10(12(17)18)14-11(16)9-7-13-15(4-2)8-9/h3,5,7-8,10H,4,6H2,1-2H3,(H,14,16)(H,17,18)/b5-3+. The maximum absolute atomic E-state index is 11.8. The van der Waals surface area contributed by atoms with Crippen LogP contribution in [0.4, 0.5) is 0 Å². The lowest BCUT2D eigenvalue weighted by atomic mass is 10.2. The van der Waals surface area contributed by atoms with Crippen LogP contribution in [-0.4, -0.2) is 32.8 Å². The molecule has 6 nitrogen and oxygen atoms in total. The summed E-state index contributed by atoms with van der Waals surface area (Å²) < 4.78 is 1.61. The molecule has 6 heteroatoms. The Morgan fingerprint density at radius 2 is 2.33 bits per heavy atom. The third-order valence-electron chi connectivity index (χ3n) is 2.43. The molecule has 0 bridgehead atoms. The number of carbonyl (C=O) groups excluding carboxylic acids is 1. The number of carbonyl (C=O) groups is 2. The van der Waals surface area contributed by atoms with Crippen LogP contribution in [0.3, 0.4) is 0 Å². The molecule has 18 heavy (non-hydrogen) atoms. The van der Waals surface area contributed by atoms with Crippen LogP contribution in [0.15, 0.2) is 24.5 Å². The van der Waals surface area contributed by atoms with Gasteiger partial charge in [0.25, 0.3) is 5.91 Å². The Morgan fingerprint density at radius 1 is 1.61 bits per heavy atom. The first-order valence-corrected chi connectivity index (χ1v) is 5.75. The topological polar surface area (TPSA) is 84.2 Å². The summed E-state index contributed by atoms with van der Waals surface area (Å²) in [5.74, 6) is -1.48. The molecule has 0 fully saturated rings. The van der Waals surface area contributed by atoms with E-state index in [4.69, 9.17) is 5.11 Å². The number of nitrogens with zero attached hydrogens (tertiary/aromatic N) is 2. The summed E-state index contributed by atoms with van der Waals surface area (Å²) in [5.41, 5.74) is 0.364. The second kappa shape index (κ2) is 6.58. The minimum atomic E-state index is -1.05. The van der Waals surface area contributed by atoms with Crippen molar-refractivity contribution < 1.29 is 14.7 Å². The molecule has 1 heterocycles. The molecule has 0 saturated carbocycles. The largest absolute Gasteiger partial charge is 0.480 e. The first-order valence-electron chi connectivity index (χ1n) is 5.75. The number of carboxylic acid groups (broad SMARTS) is 1. The smallest absolute Gasteiger partial charge is 0.326 e. The molecule has 1 aromatic rings. The second-order valence-electron chi connectivity index (χ2n) is 3.75. The van der Waals surface area contributed by atoms with Crippen LogP contribution in [0.5, 0.6) is 0 Å². The van der Waals surface area contributed by atoms with E-state index in [1.165, 1.54) is 6.20 Å². The van der Waals surface area contributed by atoms with Gasteiger partial charge < -0.3 is 10.4 Å². The first-order chi connectivity index (χ1) is 8.58. The fourth-order valence-electron chi connectivity index (χ4n) is 1.39. The third-order valence-corrected chi connectivity index (χ3v) is 2.43. The van der Waals surface area contributed by atoms with Crippen molar-refractivity contribution in [2.45, 2.75) is 32.9 Å². The average Bonchev–Trinajstić information content (AvgIpc) is 2.82. The summed E-state index contributed by atoms with van der Waals surface area (Å²) in [6.07, 6.45) is 6.72. The number of aryl methyl sites for hydroxylation is 1. The highest BCUT2D eigenvalue weighted by Crippen LogP contribution is 2.01. The molecule has 0 radical (unpaired) electrons. The van der Waals surface area contributed by atoms with E-state index >= 15 is 0 Å². The lowest BCUT2D eigenvalue weighted by Gasteiger charge is -2.11. The summed E-state index contributed by atoms with van der Waals surface area (Å²) in [6.45, 7) is 4.36. The van der Waals surface area contributed by atoms with Gasteiger partial charge in [-0.05, 0) is 20.3 Å². The maximum atomic E-state index is 11.8. The van der Waals surface area contributed by atoms with Gasteiger partial charge >= 0.3 is 5.97 Å². The predicted molar refractivity (Wildman–Crippen MR) is 66.2 cm³/mol. The van der Waals surface area contributed by atoms with Crippen molar-refractivity contribution in [3.05, 3.63) is 30.1 Å². The van der Waals surface area contributed by atoms with E-state index in [0.29, 0.717) is 12.1 Å². The normalized spacial score (nSPS) is 12.6. The summed E-state index contributed by atoms with van der Waals surface area (Å²) >= 11 is 0. The molecule has 0 aliphatic rings. The highest BCUT2D eigenvalue weighted by Gasteiger charge is 2.19. The van der Waals surface area contributed by atoms with Crippen LogP contribution in [0.1, 0.15) is 30.6 Å². The van der Waals surface area contributed by atoms with Gasteiger partial charge in [0.2, 0.25) is 0 Å². The molecular formula is C12H17N3O3. The Labute approximate surface area is 105 Å². The van der Waals surface area contributed by atoms with Gasteiger partial charge in [-0.3, -0.25) is 9.48 Å². The predicted octanol–water partition coefficient (Wildman–Crippen LogP) is 1.05. The van der Waals surface area contributed by atoms with Gasteiger partial charge in [0.1, 0.15) is 6.04 Å². The van der Waals surface area contributed by atoms with Crippen molar-refractivity contribution in [3.8, 4) is 0 Å². The highest BCUT2D eigenvalue weighted by molar-refractivity contribution is 5.96. The lowest BCUT2D eigenvalue weighted by Crippen LogP contribution is -2.40. The van der Waals surface area contributed by atoms with E-state index in [0.717, 1.165) is 0 Å². The van der Waals surface area contributed by atoms with E-state index in [-0.39, 0.29) is 6.42 Å². The number of aromatic nitrogens is 2. The number of allylic oxidation sites excluding steroid dienone is 1. The molecule has 98 valence electrons. The van der Waals surface area contributed by atoms with Crippen molar-refractivity contribution in [2.24, 2.45) is 0 Å². The molecule has 2 N–H and O–H groups in total. The van der Waals surface area contributed by atoms with Crippen LogP contribution in [0.2, 0.25) is 0 Å². The number of aliphatic carboxylic acids is 1. The Morgan fingerprint density at radius 3 is 2.83 bits per heavy atom. The van der Waals surface area contributed by atoms with Gasteiger partial charge in [-0.1, -0.05) is 12.2 Å². The minimum absolute atomic E-state index is 0.263. The maximum Gasteiger partial charge on any atom is 0.326 e. The molecule has 0 aliphatic heterocycles. The van der Waals surface area contributed by atoms with Crippen LogP contribution in [0, 0.1) is 0 Å². The molecule has 0 saturated heterocycles. The molecule has 1 unspecified atom stereocenters. The van der Waals surface area contributed by atoms with Gasteiger partial charge in [0.05, 0.1) is 11.8 Å². The van der Waals surface area contributed by atoms with Crippen molar-refractivity contribution in [3.63, 3.8) is 0 Å². The fourth-order valence-corrected chi connectivity index (χ4v) is 1.39. The van der Waals surface area contributed by atoms with Gasteiger partial charge in [0, 0.05) is 12.7 Å². The number of carboxylic acids is 1. The van der Waals surface area contributed by atoms with Gasteiger partial charge in [0.15, 0.2) is 0 Å². The van der Waals surface area contributed by atoms with Crippen molar-refractivity contribution in [1.82, 2.24) is 15.1 Å². The molecule has 1 rings (SSSR count). The van der Waals surface area contributed by atoms with Crippen molar-refractivity contribution in [2.75, 3.05) is 0 Å². The SMILES string of the molecule is C/C=C/CC(NC(=O)c1cnn(CC)c1)C(=O)O. The number of rotatable bonds is 6. The van der Waals surface area contributed by atoms with Gasteiger partial charge in [-0.25, -0.2) is 4.79 Å². The quantitative estimate of drug-likeness (QED) is 0.740. The number of hydrogen-bond acceptors (Lipinski definition) is 3. The molecule has 0 aliphatic carbocycles. The average molecular weight is 251 g/mol. The first kappa shape index (κ1) is 14.0. The van der Waals surface area contributed by atoms with Crippen molar-refractivity contribution in [1.29, 1.82) is 0 Å². The molecule has 1 amide bonds. The van der Waals surface area contributed by atoms with Crippen molar-refractivity contribution >= 4 is 11.9 Å². The Hall–Kier alpha value is -2.11. The number of hydrogen-bond donors (Lipinski definition) is 2.